The van der Waals surface area contributed by atoms with Gasteiger partial charge in [0, 0.05) is 23.8 Å². The Hall–Kier alpha value is -3.75. The summed E-state index contributed by atoms with van der Waals surface area (Å²) in [5, 5.41) is 40.1. The molecule has 9 heteroatoms. The summed E-state index contributed by atoms with van der Waals surface area (Å²) in [4.78, 5) is 31.8. The number of rotatable bonds is 5. The van der Waals surface area contributed by atoms with Crippen molar-refractivity contribution in [3.05, 3.63) is 73.8 Å². The molecule has 2 rings (SSSR count). The maximum absolute atomic E-state index is 12.0. The van der Waals surface area contributed by atoms with E-state index in [2.05, 4.69) is 0 Å². The Morgan fingerprint density at radius 3 is 2.17 bits per heavy atom. The number of phenols is 2. The van der Waals surface area contributed by atoms with Crippen molar-refractivity contribution in [2.24, 2.45) is 0 Å². The molecule has 0 atom stereocenters. The molecule has 0 bridgehead atoms. The number of ketones is 1. The minimum absolute atomic E-state index is 0.132. The molecule has 0 heterocycles. The molecule has 0 spiro atoms. The molecule has 0 aliphatic heterocycles. The normalized spacial score (nSPS) is 10.7. The van der Waals surface area contributed by atoms with E-state index < -0.39 is 32.8 Å². The van der Waals surface area contributed by atoms with Crippen molar-refractivity contribution < 1.29 is 24.9 Å². The molecular formula is C15H10N2O7. The Kier molecular flexibility index (Phi) is 4.55. The number of allylic oxidation sites excluding steroid dienone is 1. The standard InChI is InChI=1S/C15H10N2O7/c18-13(10-2-4-11(5-3-10)16(21)22)6-1-9-7-12(17(23)24)15(20)14(19)8-9/h1-8,19-20H/b6-1+. The fourth-order valence-corrected chi connectivity index (χ4v) is 1.88. The predicted molar refractivity (Wildman–Crippen MR) is 82.9 cm³/mol. The van der Waals surface area contributed by atoms with Gasteiger partial charge in [-0.15, -0.1) is 0 Å². The summed E-state index contributed by atoms with van der Waals surface area (Å²) < 4.78 is 0. The zero-order valence-corrected chi connectivity index (χ0v) is 11.9. The van der Waals surface area contributed by atoms with E-state index in [0.717, 1.165) is 18.2 Å². The van der Waals surface area contributed by atoms with Crippen LogP contribution >= 0.6 is 0 Å². The molecule has 2 N–H and O–H groups in total. The van der Waals surface area contributed by atoms with Crippen molar-refractivity contribution in [3.8, 4) is 11.5 Å². The topological polar surface area (TPSA) is 144 Å². The van der Waals surface area contributed by atoms with Crippen LogP contribution in [0.3, 0.4) is 0 Å². The highest BCUT2D eigenvalue weighted by molar-refractivity contribution is 6.07. The molecule has 2 aromatic carbocycles. The van der Waals surface area contributed by atoms with Gasteiger partial charge in [0.05, 0.1) is 9.85 Å². The SMILES string of the molecule is O=C(/C=C/c1cc(O)c(O)c([N+](=O)[O-])c1)c1ccc([N+](=O)[O-])cc1. The van der Waals surface area contributed by atoms with Crippen LogP contribution in [0.4, 0.5) is 11.4 Å². The minimum atomic E-state index is -0.870. The average molecular weight is 330 g/mol. The molecule has 0 aliphatic carbocycles. The number of nitro benzene ring substituents is 2. The van der Waals surface area contributed by atoms with Gasteiger partial charge >= 0.3 is 5.69 Å². The molecule has 0 unspecified atom stereocenters. The number of nitro groups is 2. The second-order valence-electron chi connectivity index (χ2n) is 4.67. The number of nitrogens with zero attached hydrogens (tertiary/aromatic N) is 2. The van der Waals surface area contributed by atoms with E-state index in [1.807, 2.05) is 0 Å². The van der Waals surface area contributed by atoms with Gasteiger partial charge in [0.1, 0.15) is 0 Å². The maximum Gasteiger partial charge on any atom is 0.315 e. The largest absolute Gasteiger partial charge is 0.504 e. The highest BCUT2D eigenvalue weighted by atomic mass is 16.6. The van der Waals surface area contributed by atoms with E-state index in [0.29, 0.717) is 0 Å². The first-order valence-corrected chi connectivity index (χ1v) is 6.47. The molecule has 0 aromatic heterocycles. The molecule has 122 valence electrons. The van der Waals surface area contributed by atoms with Gasteiger partial charge < -0.3 is 10.2 Å². The highest BCUT2D eigenvalue weighted by Crippen LogP contribution is 2.36. The first kappa shape index (κ1) is 16.6. The summed E-state index contributed by atoms with van der Waals surface area (Å²) >= 11 is 0. The molecule has 2 aromatic rings. The third kappa shape index (κ3) is 3.53. The first-order chi connectivity index (χ1) is 11.3. The smallest absolute Gasteiger partial charge is 0.315 e. The molecule has 0 saturated heterocycles. The zero-order chi connectivity index (χ0) is 17.9. The van der Waals surface area contributed by atoms with E-state index in [-0.39, 0.29) is 16.8 Å². The number of carbonyl (C=O) groups is 1. The van der Waals surface area contributed by atoms with Crippen LogP contribution in [0.1, 0.15) is 15.9 Å². The molecule has 0 fully saturated rings. The fraction of sp³-hybridized carbons (Fsp3) is 0. The monoisotopic (exact) mass is 330 g/mol. The first-order valence-electron chi connectivity index (χ1n) is 6.47. The quantitative estimate of drug-likeness (QED) is 0.282. The van der Waals surface area contributed by atoms with Gasteiger partial charge in [-0.1, -0.05) is 6.08 Å². The second kappa shape index (κ2) is 6.57. The summed E-state index contributed by atoms with van der Waals surface area (Å²) in [6.45, 7) is 0. The third-order valence-corrected chi connectivity index (χ3v) is 3.08. The number of phenolic OH excluding ortho intramolecular Hbond substituents is 2. The van der Waals surface area contributed by atoms with Crippen molar-refractivity contribution in [2.45, 2.75) is 0 Å². The van der Waals surface area contributed by atoms with E-state index in [1.54, 1.807) is 0 Å². The Morgan fingerprint density at radius 2 is 1.62 bits per heavy atom. The summed E-state index contributed by atoms with van der Waals surface area (Å²) in [5.74, 6) is -2.04. The lowest BCUT2D eigenvalue weighted by Gasteiger charge is -2.01. The van der Waals surface area contributed by atoms with Crippen molar-refractivity contribution in [3.63, 3.8) is 0 Å². The van der Waals surface area contributed by atoms with E-state index in [1.165, 1.54) is 30.3 Å². The summed E-state index contributed by atoms with van der Waals surface area (Å²) in [6.07, 6.45) is 2.31. The number of aromatic hydroxyl groups is 2. The van der Waals surface area contributed by atoms with E-state index >= 15 is 0 Å². The molecule has 9 nitrogen and oxygen atoms in total. The zero-order valence-electron chi connectivity index (χ0n) is 11.9. The lowest BCUT2D eigenvalue weighted by atomic mass is 10.1. The summed E-state index contributed by atoms with van der Waals surface area (Å²) in [7, 11) is 0. The number of non-ortho nitro benzene ring substituents is 1. The number of carbonyl (C=O) groups excluding carboxylic acids is 1. The van der Waals surface area contributed by atoms with Gasteiger partial charge in [0.15, 0.2) is 11.5 Å². The average Bonchev–Trinajstić information content (AvgIpc) is 2.55. The van der Waals surface area contributed by atoms with Crippen molar-refractivity contribution in [1.82, 2.24) is 0 Å². The fourth-order valence-electron chi connectivity index (χ4n) is 1.88. The highest BCUT2D eigenvalue weighted by Gasteiger charge is 2.18. The van der Waals surface area contributed by atoms with Gasteiger partial charge in [-0.3, -0.25) is 25.0 Å². The molecular weight excluding hydrogens is 320 g/mol. The summed E-state index contributed by atoms with van der Waals surface area (Å²) in [5.41, 5.74) is -0.534. The molecule has 0 aliphatic rings. The maximum atomic E-state index is 12.0. The molecule has 0 radical (unpaired) electrons. The van der Waals surface area contributed by atoms with Crippen LogP contribution in [-0.4, -0.2) is 25.8 Å². The van der Waals surface area contributed by atoms with E-state index in [9.17, 15) is 35.2 Å². The van der Waals surface area contributed by atoms with Crippen LogP contribution in [0.5, 0.6) is 11.5 Å². The van der Waals surface area contributed by atoms with Crippen molar-refractivity contribution in [2.75, 3.05) is 0 Å². The predicted octanol–water partition coefficient (Wildman–Crippen LogP) is 2.81. The second-order valence-corrected chi connectivity index (χ2v) is 4.67. The Labute approximate surface area is 134 Å². The number of hydrogen-bond acceptors (Lipinski definition) is 7. The lowest BCUT2D eigenvalue weighted by Crippen LogP contribution is -1.95. The van der Waals surface area contributed by atoms with Crippen LogP contribution < -0.4 is 0 Å². The van der Waals surface area contributed by atoms with Gasteiger partial charge in [-0.05, 0) is 29.8 Å². The third-order valence-electron chi connectivity index (χ3n) is 3.08. The van der Waals surface area contributed by atoms with Crippen LogP contribution in [0.25, 0.3) is 6.08 Å². The minimum Gasteiger partial charge on any atom is -0.504 e. The Morgan fingerprint density at radius 1 is 1.00 bits per heavy atom. The van der Waals surface area contributed by atoms with E-state index in [4.69, 9.17) is 0 Å². The molecule has 0 saturated carbocycles. The van der Waals surface area contributed by atoms with Gasteiger partial charge in [0.25, 0.3) is 5.69 Å². The van der Waals surface area contributed by atoms with Crippen LogP contribution in [0.15, 0.2) is 42.5 Å². The lowest BCUT2D eigenvalue weighted by molar-refractivity contribution is -0.386. The Bertz CT molecular complexity index is 857. The van der Waals surface area contributed by atoms with Crippen molar-refractivity contribution in [1.29, 1.82) is 0 Å². The van der Waals surface area contributed by atoms with Gasteiger partial charge in [-0.2, -0.15) is 0 Å². The number of hydrogen-bond donors (Lipinski definition) is 2. The van der Waals surface area contributed by atoms with Gasteiger partial charge in [0.2, 0.25) is 5.75 Å². The molecule has 0 amide bonds. The van der Waals surface area contributed by atoms with Crippen molar-refractivity contribution >= 4 is 23.2 Å². The number of benzene rings is 2. The summed E-state index contributed by atoms with van der Waals surface area (Å²) in [6, 6.07) is 6.97. The molecule has 24 heavy (non-hydrogen) atoms. The van der Waals surface area contributed by atoms with Crippen LogP contribution in [-0.2, 0) is 0 Å². The Balaban J connectivity index is 2.25. The van der Waals surface area contributed by atoms with Gasteiger partial charge in [-0.25, -0.2) is 0 Å². The van der Waals surface area contributed by atoms with Crippen LogP contribution in [0, 0.1) is 20.2 Å². The van der Waals surface area contributed by atoms with Crippen LogP contribution in [0.2, 0.25) is 0 Å².